The highest BCUT2D eigenvalue weighted by Gasteiger charge is 2.21. The van der Waals surface area contributed by atoms with E-state index in [1.165, 1.54) is 7.11 Å². The number of nitrogens with one attached hydrogen (secondary N) is 1. The van der Waals surface area contributed by atoms with Crippen LogP contribution in [0.25, 0.3) is 11.0 Å². The summed E-state index contributed by atoms with van der Waals surface area (Å²) in [5, 5.41) is 4.14. The fourth-order valence-corrected chi connectivity index (χ4v) is 3.23. The van der Waals surface area contributed by atoms with E-state index in [9.17, 15) is 9.59 Å². The molecule has 0 aliphatic heterocycles. The molecule has 130 valence electrons. The molecular weight excluding hydrogens is 342 g/mol. The summed E-state index contributed by atoms with van der Waals surface area (Å²) in [5.41, 5.74) is 1.34. The number of hydrogen-bond acceptors (Lipinski definition) is 6. The van der Waals surface area contributed by atoms with Gasteiger partial charge in [0.1, 0.15) is 10.5 Å². The summed E-state index contributed by atoms with van der Waals surface area (Å²) in [6.07, 6.45) is 0. The van der Waals surface area contributed by atoms with Crippen molar-refractivity contribution in [1.82, 2.24) is 0 Å². The lowest BCUT2D eigenvalue weighted by atomic mass is 10.1. The van der Waals surface area contributed by atoms with Gasteiger partial charge >= 0.3 is 5.97 Å². The molecule has 0 unspecified atom stereocenters. The van der Waals surface area contributed by atoms with Crippen molar-refractivity contribution in [2.24, 2.45) is 0 Å². The van der Waals surface area contributed by atoms with E-state index in [1.54, 1.807) is 12.1 Å². The molecule has 0 fully saturated rings. The summed E-state index contributed by atoms with van der Waals surface area (Å²) < 4.78 is 15.9. The number of esters is 1. The van der Waals surface area contributed by atoms with Crippen LogP contribution in [-0.2, 0) is 16.1 Å². The van der Waals surface area contributed by atoms with E-state index in [1.807, 2.05) is 31.2 Å². The van der Waals surface area contributed by atoms with Crippen LogP contribution in [0.3, 0.4) is 0 Å². The number of hydrogen-bond donors (Lipinski definition) is 1. The highest BCUT2D eigenvalue weighted by molar-refractivity contribution is 7.18. The first kappa shape index (κ1) is 17.2. The Morgan fingerprint density at radius 2 is 2.00 bits per heavy atom. The van der Waals surface area contributed by atoms with Gasteiger partial charge in [0.05, 0.1) is 18.7 Å². The van der Waals surface area contributed by atoms with Crippen LogP contribution in [0.15, 0.2) is 40.8 Å². The molecule has 0 atom stereocenters. The van der Waals surface area contributed by atoms with Gasteiger partial charge in [0.2, 0.25) is 0 Å². The first-order valence-corrected chi connectivity index (χ1v) is 8.53. The van der Waals surface area contributed by atoms with Crippen LogP contribution < -0.4 is 5.32 Å². The third-order valence-corrected chi connectivity index (χ3v) is 4.57. The van der Waals surface area contributed by atoms with Gasteiger partial charge < -0.3 is 19.2 Å². The fraction of sp³-hybridized carbons (Fsp3) is 0.222. The molecule has 7 heteroatoms. The Morgan fingerprint density at radius 3 is 2.76 bits per heavy atom. The number of benzene rings is 1. The smallest absolute Gasteiger partial charge is 0.348 e. The van der Waals surface area contributed by atoms with Gasteiger partial charge in [-0.3, -0.25) is 4.79 Å². The Hall–Kier alpha value is -2.64. The van der Waals surface area contributed by atoms with Crippen LogP contribution in [0.5, 0.6) is 0 Å². The molecule has 3 aromatic rings. The largest absolute Gasteiger partial charge is 0.465 e. The number of methoxy groups -OCH3 is 1. The van der Waals surface area contributed by atoms with E-state index in [0.29, 0.717) is 27.6 Å². The average molecular weight is 359 g/mol. The molecule has 2 aromatic heterocycles. The molecule has 0 spiro atoms. The Morgan fingerprint density at radius 1 is 1.20 bits per heavy atom. The van der Waals surface area contributed by atoms with Crippen molar-refractivity contribution in [2.45, 2.75) is 13.5 Å². The zero-order chi connectivity index (χ0) is 17.8. The van der Waals surface area contributed by atoms with Crippen LogP contribution in [0.1, 0.15) is 32.7 Å². The summed E-state index contributed by atoms with van der Waals surface area (Å²) >= 11 is 1.14. The maximum Gasteiger partial charge on any atom is 0.348 e. The summed E-state index contributed by atoms with van der Waals surface area (Å²) in [4.78, 5) is 24.6. The van der Waals surface area contributed by atoms with E-state index >= 15 is 0 Å². The second kappa shape index (κ2) is 7.50. The Bertz CT molecular complexity index is 911. The van der Waals surface area contributed by atoms with Crippen LogP contribution in [-0.4, -0.2) is 25.6 Å². The number of carbonyl (C=O) groups excluding carboxylic acids is 2. The Kier molecular flexibility index (Phi) is 5.16. The zero-order valence-corrected chi connectivity index (χ0v) is 14.6. The Balaban J connectivity index is 1.88. The predicted molar refractivity (Wildman–Crippen MR) is 95.2 cm³/mol. The molecule has 25 heavy (non-hydrogen) atoms. The number of thiophene rings is 1. The highest BCUT2D eigenvalue weighted by atomic mass is 32.1. The maximum absolute atomic E-state index is 12.6. The molecule has 2 heterocycles. The van der Waals surface area contributed by atoms with Gasteiger partial charge in [0.25, 0.3) is 5.91 Å². The summed E-state index contributed by atoms with van der Waals surface area (Å²) in [6, 6.07) is 10.7. The molecule has 1 N–H and O–H groups in total. The number of para-hydroxylation sites is 1. The van der Waals surface area contributed by atoms with Gasteiger partial charge in [-0.25, -0.2) is 4.79 Å². The first-order chi connectivity index (χ1) is 12.1. The number of carbonyl (C=O) groups is 2. The molecule has 1 aromatic carbocycles. The normalized spacial score (nSPS) is 10.8. The third kappa shape index (κ3) is 3.57. The van der Waals surface area contributed by atoms with Crippen LogP contribution in [0.4, 0.5) is 5.00 Å². The van der Waals surface area contributed by atoms with E-state index in [-0.39, 0.29) is 18.3 Å². The van der Waals surface area contributed by atoms with Gasteiger partial charge in [-0.15, -0.1) is 11.3 Å². The van der Waals surface area contributed by atoms with Crippen molar-refractivity contribution in [2.75, 3.05) is 19.0 Å². The molecule has 3 rings (SSSR count). The number of anilines is 1. The molecule has 0 saturated carbocycles. The second-order valence-corrected chi connectivity index (χ2v) is 6.24. The SMILES string of the molecule is CCOCc1c(C(=O)Nc2ccc(C(=O)OC)s2)oc2ccccc12. The zero-order valence-electron chi connectivity index (χ0n) is 13.8. The number of ether oxygens (including phenoxy) is 2. The van der Waals surface area contributed by atoms with Gasteiger partial charge in [-0.05, 0) is 25.1 Å². The lowest BCUT2D eigenvalue weighted by Crippen LogP contribution is -2.12. The Labute approximate surface area is 148 Å². The van der Waals surface area contributed by atoms with Crippen LogP contribution in [0, 0.1) is 0 Å². The van der Waals surface area contributed by atoms with Crippen LogP contribution >= 0.6 is 11.3 Å². The molecule has 0 radical (unpaired) electrons. The molecule has 0 saturated heterocycles. The van der Waals surface area contributed by atoms with E-state index < -0.39 is 5.97 Å². The molecule has 0 aliphatic carbocycles. The van der Waals surface area contributed by atoms with Crippen molar-refractivity contribution >= 4 is 39.2 Å². The van der Waals surface area contributed by atoms with Gasteiger partial charge in [-0.1, -0.05) is 18.2 Å². The number of rotatable bonds is 6. The number of fused-ring (bicyclic) bond motifs is 1. The van der Waals surface area contributed by atoms with Gasteiger partial charge in [0.15, 0.2) is 5.76 Å². The predicted octanol–water partition coefficient (Wildman–Crippen LogP) is 4.07. The quantitative estimate of drug-likeness (QED) is 0.671. The number of furan rings is 1. The third-order valence-electron chi connectivity index (χ3n) is 3.58. The minimum absolute atomic E-state index is 0.211. The summed E-state index contributed by atoms with van der Waals surface area (Å²) in [6.45, 7) is 2.71. The molecule has 1 amide bonds. The van der Waals surface area contributed by atoms with Crippen molar-refractivity contribution < 1.29 is 23.5 Å². The van der Waals surface area contributed by atoms with Crippen molar-refractivity contribution in [3.05, 3.63) is 52.6 Å². The average Bonchev–Trinajstić information content (AvgIpc) is 3.23. The monoisotopic (exact) mass is 359 g/mol. The second-order valence-electron chi connectivity index (χ2n) is 5.15. The topological polar surface area (TPSA) is 77.8 Å². The van der Waals surface area contributed by atoms with Crippen molar-refractivity contribution in [1.29, 1.82) is 0 Å². The van der Waals surface area contributed by atoms with E-state index in [0.717, 1.165) is 16.7 Å². The molecule has 0 bridgehead atoms. The minimum atomic E-state index is -0.439. The standard InChI is InChI=1S/C18H17NO5S/c1-3-23-10-12-11-6-4-5-7-13(11)24-16(12)17(20)19-15-9-8-14(25-15)18(21)22-2/h4-9H,3,10H2,1-2H3,(H,19,20). The van der Waals surface area contributed by atoms with Crippen molar-refractivity contribution in [3.63, 3.8) is 0 Å². The lowest BCUT2D eigenvalue weighted by Gasteiger charge is -2.04. The molecular formula is C18H17NO5S. The summed E-state index contributed by atoms with van der Waals surface area (Å²) in [5.74, 6) is -0.613. The fourth-order valence-electron chi connectivity index (χ4n) is 2.41. The molecule has 0 aliphatic rings. The van der Waals surface area contributed by atoms with Crippen molar-refractivity contribution in [3.8, 4) is 0 Å². The first-order valence-electron chi connectivity index (χ1n) is 7.71. The molecule has 6 nitrogen and oxygen atoms in total. The lowest BCUT2D eigenvalue weighted by molar-refractivity contribution is 0.0606. The van der Waals surface area contributed by atoms with Gasteiger partial charge in [0, 0.05) is 17.6 Å². The maximum atomic E-state index is 12.6. The highest BCUT2D eigenvalue weighted by Crippen LogP contribution is 2.29. The van der Waals surface area contributed by atoms with Crippen LogP contribution in [0.2, 0.25) is 0 Å². The minimum Gasteiger partial charge on any atom is -0.465 e. The van der Waals surface area contributed by atoms with E-state index in [2.05, 4.69) is 10.1 Å². The van der Waals surface area contributed by atoms with Gasteiger partial charge in [-0.2, -0.15) is 0 Å². The summed E-state index contributed by atoms with van der Waals surface area (Å²) in [7, 11) is 1.31. The van der Waals surface area contributed by atoms with E-state index in [4.69, 9.17) is 9.15 Å². The number of amides is 1.